The minimum atomic E-state index is -0.141. The standard InChI is InChI=1S/C15H16N2O2/c1-9-7-11-14(12(18)5-6-16)10(2)17(3)15(11)13(8-9)19-4/h7-8H,5H2,1-4H3. The van der Waals surface area contributed by atoms with Gasteiger partial charge in [0.2, 0.25) is 0 Å². The lowest BCUT2D eigenvalue weighted by molar-refractivity contribution is 0.0998. The second-order valence-electron chi connectivity index (χ2n) is 4.64. The third kappa shape index (κ3) is 1.97. The Hall–Kier alpha value is -2.28. The maximum absolute atomic E-state index is 12.1. The van der Waals surface area contributed by atoms with Crippen molar-refractivity contribution in [2.24, 2.45) is 7.05 Å². The SMILES string of the molecule is COc1cc(C)cc2c(C(=O)CC#N)c(C)n(C)c12. The number of nitriles is 1. The molecule has 4 heteroatoms. The van der Waals surface area contributed by atoms with Gasteiger partial charge in [0, 0.05) is 23.7 Å². The van der Waals surface area contributed by atoms with E-state index in [0.29, 0.717) is 5.56 Å². The number of hydrogen-bond acceptors (Lipinski definition) is 3. The van der Waals surface area contributed by atoms with Crippen LogP contribution in [0.4, 0.5) is 0 Å². The predicted molar refractivity (Wildman–Crippen MR) is 73.5 cm³/mol. The molecule has 2 rings (SSSR count). The van der Waals surface area contributed by atoms with Gasteiger partial charge in [-0.3, -0.25) is 4.79 Å². The second-order valence-corrected chi connectivity index (χ2v) is 4.64. The monoisotopic (exact) mass is 256 g/mol. The summed E-state index contributed by atoms with van der Waals surface area (Å²) in [4.78, 5) is 12.1. The summed E-state index contributed by atoms with van der Waals surface area (Å²) in [6.07, 6.45) is -0.101. The Morgan fingerprint density at radius 3 is 2.68 bits per heavy atom. The van der Waals surface area contributed by atoms with Crippen LogP contribution in [-0.4, -0.2) is 17.5 Å². The first-order valence-corrected chi connectivity index (χ1v) is 6.05. The number of hydrogen-bond donors (Lipinski definition) is 0. The summed E-state index contributed by atoms with van der Waals surface area (Å²) < 4.78 is 7.34. The number of methoxy groups -OCH3 is 1. The Morgan fingerprint density at radius 2 is 2.11 bits per heavy atom. The van der Waals surface area contributed by atoms with E-state index in [1.807, 2.05) is 43.7 Å². The van der Waals surface area contributed by atoms with E-state index < -0.39 is 0 Å². The molecule has 0 saturated heterocycles. The van der Waals surface area contributed by atoms with Gasteiger partial charge in [-0.25, -0.2) is 0 Å². The van der Waals surface area contributed by atoms with Crippen LogP contribution in [0.3, 0.4) is 0 Å². The largest absolute Gasteiger partial charge is 0.495 e. The molecule has 0 saturated carbocycles. The Bertz CT molecular complexity index is 705. The number of fused-ring (bicyclic) bond motifs is 1. The fourth-order valence-electron chi connectivity index (χ4n) is 2.48. The van der Waals surface area contributed by atoms with Gasteiger partial charge >= 0.3 is 0 Å². The lowest BCUT2D eigenvalue weighted by Gasteiger charge is -2.06. The molecule has 0 unspecified atom stereocenters. The fraction of sp³-hybridized carbons (Fsp3) is 0.333. The molecule has 1 aromatic carbocycles. The Labute approximate surface area is 112 Å². The van der Waals surface area contributed by atoms with Gasteiger partial charge < -0.3 is 9.30 Å². The summed E-state index contributed by atoms with van der Waals surface area (Å²) in [6, 6.07) is 5.83. The number of nitrogens with zero attached hydrogens (tertiary/aromatic N) is 2. The Kier molecular flexibility index (Phi) is 3.30. The van der Waals surface area contributed by atoms with E-state index in [1.54, 1.807) is 7.11 Å². The minimum absolute atomic E-state index is 0.101. The van der Waals surface area contributed by atoms with Crippen LogP contribution < -0.4 is 4.74 Å². The molecule has 0 aliphatic heterocycles. The van der Waals surface area contributed by atoms with Crippen molar-refractivity contribution in [1.82, 2.24) is 4.57 Å². The molecule has 1 heterocycles. The number of ether oxygens (including phenoxy) is 1. The van der Waals surface area contributed by atoms with Gasteiger partial charge in [0.25, 0.3) is 0 Å². The first kappa shape index (κ1) is 13.2. The van der Waals surface area contributed by atoms with Crippen LogP contribution in [-0.2, 0) is 7.05 Å². The molecule has 0 radical (unpaired) electrons. The van der Waals surface area contributed by atoms with Gasteiger partial charge in [-0.2, -0.15) is 5.26 Å². The first-order valence-electron chi connectivity index (χ1n) is 6.05. The molecule has 0 fully saturated rings. The number of ketones is 1. The van der Waals surface area contributed by atoms with Crippen LogP contribution in [0.2, 0.25) is 0 Å². The predicted octanol–water partition coefficient (Wildman–Crippen LogP) is 2.90. The molecule has 4 nitrogen and oxygen atoms in total. The van der Waals surface area contributed by atoms with Crippen LogP contribution in [0.15, 0.2) is 12.1 Å². The summed E-state index contributed by atoms with van der Waals surface area (Å²) in [6.45, 7) is 3.85. The molecule has 0 atom stereocenters. The number of aromatic nitrogens is 1. The summed E-state index contributed by atoms with van der Waals surface area (Å²) in [7, 11) is 3.52. The van der Waals surface area contributed by atoms with Gasteiger partial charge in [0.05, 0.1) is 25.1 Å². The van der Waals surface area contributed by atoms with E-state index >= 15 is 0 Å². The van der Waals surface area contributed by atoms with Gasteiger partial charge in [-0.1, -0.05) is 0 Å². The van der Waals surface area contributed by atoms with E-state index in [2.05, 4.69) is 0 Å². The van der Waals surface area contributed by atoms with Crippen molar-refractivity contribution >= 4 is 16.7 Å². The van der Waals surface area contributed by atoms with E-state index in [9.17, 15) is 4.79 Å². The number of rotatable bonds is 3. The highest BCUT2D eigenvalue weighted by atomic mass is 16.5. The molecular weight excluding hydrogens is 240 g/mol. The molecule has 98 valence electrons. The van der Waals surface area contributed by atoms with Crippen molar-refractivity contribution in [2.45, 2.75) is 20.3 Å². The maximum atomic E-state index is 12.1. The normalized spacial score (nSPS) is 10.5. The lowest BCUT2D eigenvalue weighted by Crippen LogP contribution is -2.00. The van der Waals surface area contributed by atoms with Crippen LogP contribution in [0.5, 0.6) is 5.75 Å². The van der Waals surface area contributed by atoms with Crippen molar-refractivity contribution in [3.8, 4) is 11.8 Å². The molecule has 0 aliphatic rings. The third-order valence-corrected chi connectivity index (χ3v) is 3.43. The number of Topliss-reactive ketones (excluding diaryl/α,β-unsaturated/α-hetero) is 1. The van der Waals surface area contributed by atoms with Gasteiger partial charge in [0.15, 0.2) is 5.78 Å². The van der Waals surface area contributed by atoms with Crippen LogP contribution in [0.25, 0.3) is 10.9 Å². The molecule has 0 spiro atoms. The summed E-state index contributed by atoms with van der Waals surface area (Å²) in [5.41, 5.74) is 3.41. The second kappa shape index (κ2) is 4.77. The van der Waals surface area contributed by atoms with E-state index in [0.717, 1.165) is 27.9 Å². The topological polar surface area (TPSA) is 55.0 Å². The zero-order chi connectivity index (χ0) is 14.2. The van der Waals surface area contributed by atoms with Gasteiger partial charge in [-0.05, 0) is 31.5 Å². The highest BCUT2D eigenvalue weighted by Gasteiger charge is 2.20. The van der Waals surface area contributed by atoms with Gasteiger partial charge in [0.1, 0.15) is 5.75 Å². The smallest absolute Gasteiger partial charge is 0.179 e. The van der Waals surface area contributed by atoms with Crippen molar-refractivity contribution in [3.63, 3.8) is 0 Å². The number of aryl methyl sites for hydroxylation is 2. The zero-order valence-electron chi connectivity index (χ0n) is 11.6. The molecule has 19 heavy (non-hydrogen) atoms. The van der Waals surface area contributed by atoms with Crippen molar-refractivity contribution in [3.05, 3.63) is 29.0 Å². The third-order valence-electron chi connectivity index (χ3n) is 3.43. The van der Waals surface area contributed by atoms with E-state index in [4.69, 9.17) is 10.00 Å². The van der Waals surface area contributed by atoms with Crippen molar-refractivity contribution in [1.29, 1.82) is 5.26 Å². The molecule has 2 aromatic rings. The van der Waals surface area contributed by atoms with Crippen LogP contribution in [0, 0.1) is 25.2 Å². The lowest BCUT2D eigenvalue weighted by atomic mass is 10.0. The molecule has 0 aliphatic carbocycles. The number of carbonyl (C=O) groups excluding carboxylic acids is 1. The van der Waals surface area contributed by atoms with E-state index in [1.165, 1.54) is 0 Å². The fourth-order valence-corrected chi connectivity index (χ4v) is 2.48. The summed E-state index contributed by atoms with van der Waals surface area (Å²) in [5.74, 6) is 0.606. The van der Waals surface area contributed by atoms with Crippen LogP contribution in [0.1, 0.15) is 28.0 Å². The average molecular weight is 256 g/mol. The molecular formula is C15H16N2O2. The molecule has 0 N–H and O–H groups in total. The first-order chi connectivity index (χ1) is 9.01. The molecule has 0 bridgehead atoms. The Morgan fingerprint density at radius 1 is 1.42 bits per heavy atom. The summed E-state index contributed by atoms with van der Waals surface area (Å²) in [5, 5.41) is 9.58. The van der Waals surface area contributed by atoms with Gasteiger partial charge in [-0.15, -0.1) is 0 Å². The van der Waals surface area contributed by atoms with Crippen molar-refractivity contribution in [2.75, 3.05) is 7.11 Å². The summed E-state index contributed by atoms with van der Waals surface area (Å²) >= 11 is 0. The van der Waals surface area contributed by atoms with Crippen molar-refractivity contribution < 1.29 is 9.53 Å². The number of carbonyl (C=O) groups is 1. The quantitative estimate of drug-likeness (QED) is 0.793. The minimum Gasteiger partial charge on any atom is -0.495 e. The Balaban J connectivity index is 2.86. The molecule has 1 aromatic heterocycles. The number of benzene rings is 1. The zero-order valence-corrected chi connectivity index (χ0v) is 11.6. The van der Waals surface area contributed by atoms with Crippen LogP contribution >= 0.6 is 0 Å². The molecule has 0 amide bonds. The average Bonchev–Trinajstić information content (AvgIpc) is 2.61. The van der Waals surface area contributed by atoms with E-state index in [-0.39, 0.29) is 12.2 Å². The highest BCUT2D eigenvalue weighted by molar-refractivity contribution is 6.11. The maximum Gasteiger partial charge on any atom is 0.179 e. The highest BCUT2D eigenvalue weighted by Crippen LogP contribution is 2.33.